The van der Waals surface area contributed by atoms with Gasteiger partial charge in [-0.1, -0.05) is 72.3 Å². The third-order valence-corrected chi connectivity index (χ3v) is 5.41. The van der Waals surface area contributed by atoms with Crippen LogP contribution in [-0.2, 0) is 13.0 Å². The van der Waals surface area contributed by atoms with Crippen LogP contribution in [0.2, 0.25) is 5.02 Å². The Morgan fingerprint density at radius 3 is 2.41 bits per heavy atom. The van der Waals surface area contributed by atoms with Crippen molar-refractivity contribution in [3.05, 3.63) is 95.5 Å². The summed E-state index contributed by atoms with van der Waals surface area (Å²) in [6.07, 6.45) is 0.475. The molecule has 1 aromatic heterocycles. The number of fused-ring (bicyclic) bond motifs is 1. The highest BCUT2D eigenvalue weighted by Gasteiger charge is 2.14. The van der Waals surface area contributed by atoms with Crippen LogP contribution in [0.15, 0.2) is 84.9 Å². The summed E-state index contributed by atoms with van der Waals surface area (Å²) in [6, 6.07) is 28.7. The minimum absolute atomic E-state index is 0.479. The number of benzene rings is 3. The van der Waals surface area contributed by atoms with Gasteiger partial charge in [0, 0.05) is 28.2 Å². The largest absolute Gasteiger partial charge is 0.390 e. The molecule has 0 aliphatic carbocycles. The Hall–Kier alpha value is -2.59. The Morgan fingerprint density at radius 1 is 0.897 bits per heavy atom. The van der Waals surface area contributed by atoms with Gasteiger partial charge in [0.1, 0.15) is 0 Å². The quantitative estimate of drug-likeness (QED) is 0.398. The van der Waals surface area contributed by atoms with Gasteiger partial charge in [-0.3, -0.25) is 0 Å². The van der Waals surface area contributed by atoms with Crippen molar-refractivity contribution < 1.29 is 5.11 Å². The average molecular weight is 405 g/mol. The molecule has 0 amide bonds. The molecule has 4 rings (SSSR count). The van der Waals surface area contributed by atoms with Gasteiger partial charge in [-0.05, 0) is 48.4 Å². The number of nitrogens with one attached hydrogen (secondary N) is 1. The molecule has 0 saturated carbocycles. The summed E-state index contributed by atoms with van der Waals surface area (Å²) in [5, 5.41) is 16.0. The van der Waals surface area contributed by atoms with Gasteiger partial charge in [-0.15, -0.1) is 0 Å². The monoisotopic (exact) mass is 404 g/mol. The van der Waals surface area contributed by atoms with E-state index in [1.807, 2.05) is 42.5 Å². The molecule has 148 valence electrons. The second-order valence-corrected chi connectivity index (χ2v) is 7.74. The summed E-state index contributed by atoms with van der Waals surface area (Å²) in [4.78, 5) is 0. The Balaban J connectivity index is 1.46. The van der Waals surface area contributed by atoms with Crippen molar-refractivity contribution >= 4 is 22.5 Å². The van der Waals surface area contributed by atoms with Gasteiger partial charge in [-0.25, -0.2) is 0 Å². The van der Waals surface area contributed by atoms with Gasteiger partial charge < -0.3 is 15.0 Å². The van der Waals surface area contributed by atoms with Crippen LogP contribution in [0.3, 0.4) is 0 Å². The molecular formula is C25H25ClN2O. The van der Waals surface area contributed by atoms with Crippen molar-refractivity contribution in [3.63, 3.8) is 0 Å². The first-order valence-electron chi connectivity index (χ1n) is 9.97. The smallest absolute Gasteiger partial charge is 0.0843 e. The number of aliphatic hydroxyl groups is 1. The van der Waals surface area contributed by atoms with Crippen LogP contribution in [0.25, 0.3) is 22.2 Å². The lowest BCUT2D eigenvalue weighted by molar-refractivity contribution is 0.154. The third-order valence-electron chi connectivity index (χ3n) is 5.16. The van der Waals surface area contributed by atoms with E-state index < -0.39 is 6.10 Å². The minimum atomic E-state index is -0.479. The first-order valence-corrected chi connectivity index (χ1v) is 10.4. The van der Waals surface area contributed by atoms with Crippen molar-refractivity contribution in [2.75, 3.05) is 13.1 Å². The maximum atomic E-state index is 10.7. The predicted molar refractivity (Wildman–Crippen MR) is 121 cm³/mol. The number of nitrogens with zero attached hydrogens (tertiary/aromatic N) is 1. The van der Waals surface area contributed by atoms with E-state index in [1.54, 1.807) is 0 Å². The van der Waals surface area contributed by atoms with E-state index in [9.17, 15) is 5.11 Å². The standard InChI is InChI=1S/C25H25ClN2O/c26-22-12-10-20(11-13-22)25-16-21-8-4-5-9-24(21)28(25)18-23(29)17-27-15-14-19-6-2-1-3-7-19/h1-13,16,23,27,29H,14-15,17-18H2. The maximum Gasteiger partial charge on any atom is 0.0843 e. The molecule has 0 spiro atoms. The number of halogens is 1. The summed E-state index contributed by atoms with van der Waals surface area (Å²) in [6.45, 7) is 1.93. The highest BCUT2D eigenvalue weighted by molar-refractivity contribution is 6.30. The first kappa shape index (κ1) is 19.7. The number of aromatic nitrogens is 1. The number of hydrogen-bond acceptors (Lipinski definition) is 2. The molecule has 0 radical (unpaired) electrons. The average Bonchev–Trinajstić information content (AvgIpc) is 3.11. The lowest BCUT2D eigenvalue weighted by Gasteiger charge is -2.17. The highest BCUT2D eigenvalue weighted by atomic mass is 35.5. The molecule has 1 atom stereocenters. The zero-order valence-corrected chi connectivity index (χ0v) is 17.0. The van der Waals surface area contributed by atoms with Crippen molar-refractivity contribution in [1.82, 2.24) is 9.88 Å². The van der Waals surface area contributed by atoms with Gasteiger partial charge in [0.05, 0.1) is 12.6 Å². The fourth-order valence-electron chi connectivity index (χ4n) is 3.69. The normalized spacial score (nSPS) is 12.3. The molecule has 0 fully saturated rings. The maximum absolute atomic E-state index is 10.7. The molecule has 3 nitrogen and oxygen atoms in total. The molecular weight excluding hydrogens is 380 g/mol. The predicted octanol–water partition coefficient (Wildman–Crippen LogP) is 5.15. The van der Waals surface area contributed by atoms with E-state index in [1.165, 1.54) is 10.9 Å². The fraction of sp³-hybridized carbons (Fsp3) is 0.200. The van der Waals surface area contributed by atoms with Gasteiger partial charge in [0.25, 0.3) is 0 Å². The van der Waals surface area contributed by atoms with Crippen LogP contribution in [0.4, 0.5) is 0 Å². The van der Waals surface area contributed by atoms with Gasteiger partial charge in [0.2, 0.25) is 0 Å². The topological polar surface area (TPSA) is 37.2 Å². The Kier molecular flexibility index (Phi) is 6.30. The third kappa shape index (κ3) is 4.88. The number of rotatable bonds is 8. The van der Waals surface area contributed by atoms with Crippen LogP contribution in [-0.4, -0.2) is 28.9 Å². The molecule has 0 aliphatic heterocycles. The highest BCUT2D eigenvalue weighted by Crippen LogP contribution is 2.29. The van der Waals surface area contributed by atoms with Gasteiger partial charge in [-0.2, -0.15) is 0 Å². The molecule has 1 heterocycles. The molecule has 3 aromatic carbocycles. The van der Waals surface area contributed by atoms with Crippen molar-refractivity contribution in [2.45, 2.75) is 19.1 Å². The minimum Gasteiger partial charge on any atom is -0.390 e. The van der Waals surface area contributed by atoms with Crippen LogP contribution in [0.5, 0.6) is 0 Å². The summed E-state index contributed by atoms with van der Waals surface area (Å²) < 4.78 is 2.20. The van der Waals surface area contributed by atoms with E-state index in [0.29, 0.717) is 13.1 Å². The molecule has 1 unspecified atom stereocenters. The zero-order valence-electron chi connectivity index (χ0n) is 16.3. The number of para-hydroxylation sites is 1. The first-order chi connectivity index (χ1) is 14.2. The zero-order chi connectivity index (χ0) is 20.1. The summed E-state index contributed by atoms with van der Waals surface area (Å²) in [5.41, 5.74) is 4.61. The molecule has 4 aromatic rings. The number of hydrogen-bond donors (Lipinski definition) is 2. The molecule has 0 saturated heterocycles. The van der Waals surface area contributed by atoms with E-state index in [4.69, 9.17) is 11.6 Å². The molecule has 4 heteroatoms. The molecule has 2 N–H and O–H groups in total. The van der Waals surface area contributed by atoms with Gasteiger partial charge in [0.15, 0.2) is 0 Å². The second kappa shape index (κ2) is 9.27. The van der Waals surface area contributed by atoms with Crippen LogP contribution in [0.1, 0.15) is 5.56 Å². The summed E-state index contributed by atoms with van der Waals surface area (Å²) in [5.74, 6) is 0. The number of aliphatic hydroxyl groups excluding tert-OH is 1. The van der Waals surface area contributed by atoms with E-state index in [2.05, 4.69) is 52.3 Å². The van der Waals surface area contributed by atoms with Crippen LogP contribution in [0, 0.1) is 0 Å². The van der Waals surface area contributed by atoms with E-state index in [0.717, 1.165) is 34.8 Å². The second-order valence-electron chi connectivity index (χ2n) is 7.30. The van der Waals surface area contributed by atoms with Gasteiger partial charge >= 0.3 is 0 Å². The van der Waals surface area contributed by atoms with E-state index in [-0.39, 0.29) is 0 Å². The molecule has 0 bridgehead atoms. The van der Waals surface area contributed by atoms with E-state index >= 15 is 0 Å². The summed E-state index contributed by atoms with van der Waals surface area (Å²) >= 11 is 6.06. The van der Waals surface area contributed by atoms with Crippen LogP contribution >= 0.6 is 11.6 Å². The Bertz CT molecular complexity index is 1060. The SMILES string of the molecule is OC(CNCCc1ccccc1)Cn1c(-c2ccc(Cl)cc2)cc2ccccc21. The lowest BCUT2D eigenvalue weighted by atomic mass is 10.1. The Labute approximate surface area is 176 Å². The Morgan fingerprint density at radius 2 is 1.62 bits per heavy atom. The summed E-state index contributed by atoms with van der Waals surface area (Å²) in [7, 11) is 0. The molecule has 0 aliphatic rings. The van der Waals surface area contributed by atoms with Crippen LogP contribution < -0.4 is 5.32 Å². The lowest BCUT2D eigenvalue weighted by Crippen LogP contribution is -2.31. The van der Waals surface area contributed by atoms with Crippen molar-refractivity contribution in [2.24, 2.45) is 0 Å². The van der Waals surface area contributed by atoms with Crippen molar-refractivity contribution in [3.8, 4) is 11.3 Å². The molecule has 29 heavy (non-hydrogen) atoms. The fourth-order valence-corrected chi connectivity index (χ4v) is 3.81. The van der Waals surface area contributed by atoms with Crippen molar-refractivity contribution in [1.29, 1.82) is 0 Å².